The maximum absolute atomic E-state index is 12.7. The number of carbonyl (C=O) groups excluding carboxylic acids is 1. The van der Waals surface area contributed by atoms with Gasteiger partial charge in [-0.3, -0.25) is 4.79 Å². The molecule has 116 valence electrons. The summed E-state index contributed by atoms with van der Waals surface area (Å²) in [6.07, 6.45) is -0.341. The van der Waals surface area contributed by atoms with Crippen molar-refractivity contribution in [1.82, 2.24) is 10.6 Å². The molecule has 20 heavy (non-hydrogen) atoms. The average Bonchev–Trinajstić information content (AvgIpc) is 2.51. The summed E-state index contributed by atoms with van der Waals surface area (Å²) in [5.74, 6) is -0.118. The molecule has 0 aromatic carbocycles. The number of hydrogen-bond acceptors (Lipinski definition) is 5. The molecule has 2 aliphatic heterocycles. The molecule has 4 atom stereocenters. The third kappa shape index (κ3) is 4.06. The Labute approximate surface area is 129 Å². The highest BCUT2D eigenvalue weighted by molar-refractivity contribution is 6.21. The van der Waals surface area contributed by atoms with Gasteiger partial charge in [-0.1, -0.05) is 0 Å². The second-order valence-corrected chi connectivity index (χ2v) is 5.77. The Bertz CT molecular complexity index is 280. The quantitative estimate of drug-likeness (QED) is 0.685. The summed E-state index contributed by atoms with van der Waals surface area (Å²) in [6.45, 7) is 4.16. The van der Waals surface area contributed by atoms with Crippen LogP contribution in [0.5, 0.6) is 0 Å². The van der Waals surface area contributed by atoms with Gasteiger partial charge in [-0.2, -0.15) is 0 Å². The zero-order chi connectivity index (χ0) is 14.4. The number of Topliss-reactive ketones (excluding diaryl/α,β-unsaturated/α-hetero) is 1. The van der Waals surface area contributed by atoms with Crippen LogP contribution in [-0.4, -0.2) is 69.1 Å². The topological polar surface area (TPSA) is 59.6 Å². The van der Waals surface area contributed by atoms with E-state index in [-0.39, 0.29) is 41.6 Å². The van der Waals surface area contributed by atoms with E-state index in [9.17, 15) is 4.79 Å². The molecule has 0 spiro atoms. The zero-order valence-electron chi connectivity index (χ0n) is 11.4. The maximum atomic E-state index is 12.7. The molecule has 2 aliphatic rings. The van der Waals surface area contributed by atoms with E-state index < -0.39 is 0 Å². The van der Waals surface area contributed by atoms with Crippen molar-refractivity contribution in [2.75, 3.05) is 51.2 Å². The summed E-state index contributed by atoms with van der Waals surface area (Å²) in [4.78, 5) is 12.7. The van der Waals surface area contributed by atoms with Gasteiger partial charge in [0.15, 0.2) is 0 Å². The minimum absolute atomic E-state index is 0.0531. The lowest BCUT2D eigenvalue weighted by Crippen LogP contribution is -2.51. The number of morpholine rings is 2. The molecule has 0 radical (unpaired) electrons. The summed E-state index contributed by atoms with van der Waals surface area (Å²) in [6, 6.07) is 0. The van der Waals surface area contributed by atoms with Crippen molar-refractivity contribution >= 4 is 29.0 Å². The van der Waals surface area contributed by atoms with E-state index in [2.05, 4.69) is 10.6 Å². The summed E-state index contributed by atoms with van der Waals surface area (Å²) in [5.41, 5.74) is 0. The molecule has 2 rings (SSSR count). The van der Waals surface area contributed by atoms with Gasteiger partial charge in [-0.15, -0.1) is 23.2 Å². The van der Waals surface area contributed by atoms with E-state index in [1.54, 1.807) is 0 Å². The lowest BCUT2D eigenvalue weighted by molar-refractivity contribution is -0.137. The van der Waals surface area contributed by atoms with Crippen LogP contribution in [0.2, 0.25) is 0 Å². The molecular weight excluding hydrogens is 303 g/mol. The average molecular weight is 325 g/mol. The Hall–Kier alpha value is 0.0900. The highest BCUT2D eigenvalue weighted by Crippen LogP contribution is 2.23. The van der Waals surface area contributed by atoms with Crippen LogP contribution in [0.15, 0.2) is 0 Å². The van der Waals surface area contributed by atoms with Crippen LogP contribution >= 0.6 is 23.2 Å². The van der Waals surface area contributed by atoms with Gasteiger partial charge >= 0.3 is 0 Å². The smallest absolute Gasteiger partial charge is 0.146 e. The van der Waals surface area contributed by atoms with Gasteiger partial charge in [0.2, 0.25) is 0 Å². The van der Waals surface area contributed by atoms with E-state index in [0.29, 0.717) is 26.3 Å². The van der Waals surface area contributed by atoms with Gasteiger partial charge in [-0.25, -0.2) is 0 Å². The standard InChI is InChI=1S/C13H22Cl2N2O3/c14-5-9(11-7-16-1-3-19-11)13(18)10(6-15)12-8-17-2-4-20-12/h9-12,16-17H,1-8H2. The van der Waals surface area contributed by atoms with Gasteiger partial charge in [0.25, 0.3) is 0 Å². The monoisotopic (exact) mass is 324 g/mol. The van der Waals surface area contributed by atoms with Crippen LogP contribution in [0.25, 0.3) is 0 Å². The molecule has 7 heteroatoms. The molecule has 0 aromatic rings. The second kappa shape index (κ2) is 8.51. The van der Waals surface area contributed by atoms with Crippen molar-refractivity contribution in [2.45, 2.75) is 12.2 Å². The third-order valence-corrected chi connectivity index (χ3v) is 4.54. The molecule has 0 aromatic heterocycles. The number of rotatable bonds is 6. The first-order chi connectivity index (χ1) is 9.77. The van der Waals surface area contributed by atoms with Crippen molar-refractivity contribution < 1.29 is 14.3 Å². The molecule has 2 N–H and O–H groups in total. The highest BCUT2D eigenvalue weighted by atomic mass is 35.5. The number of alkyl halides is 2. The van der Waals surface area contributed by atoms with Gasteiger partial charge in [-0.05, 0) is 0 Å². The Morgan fingerprint density at radius 1 is 1.00 bits per heavy atom. The lowest BCUT2D eigenvalue weighted by atomic mass is 9.86. The van der Waals surface area contributed by atoms with E-state index in [1.165, 1.54) is 0 Å². The molecule has 0 bridgehead atoms. The first-order valence-corrected chi connectivity index (χ1v) is 8.15. The molecule has 5 nitrogen and oxygen atoms in total. The molecule has 2 saturated heterocycles. The van der Waals surface area contributed by atoms with Gasteiger partial charge in [0.05, 0.1) is 37.3 Å². The predicted molar refractivity (Wildman–Crippen MR) is 78.6 cm³/mol. The van der Waals surface area contributed by atoms with Gasteiger partial charge < -0.3 is 20.1 Å². The van der Waals surface area contributed by atoms with Gasteiger partial charge in [0, 0.05) is 37.9 Å². The van der Waals surface area contributed by atoms with Gasteiger partial charge in [0.1, 0.15) is 5.78 Å². The minimum Gasteiger partial charge on any atom is -0.375 e. The SMILES string of the molecule is O=C(C(CCl)C1CNCCO1)C(CCl)C1CNCCO1. The van der Waals surface area contributed by atoms with Crippen LogP contribution in [0.1, 0.15) is 0 Å². The minimum atomic E-state index is -0.334. The number of nitrogens with one attached hydrogen (secondary N) is 2. The Balaban J connectivity index is 2.00. The molecule has 0 amide bonds. The Morgan fingerprint density at radius 3 is 1.75 bits per heavy atom. The van der Waals surface area contributed by atoms with E-state index in [0.717, 1.165) is 13.1 Å². The zero-order valence-corrected chi connectivity index (χ0v) is 13.0. The van der Waals surface area contributed by atoms with E-state index in [4.69, 9.17) is 32.7 Å². The molecule has 4 unspecified atom stereocenters. The molecule has 0 saturated carbocycles. The number of carbonyl (C=O) groups is 1. The fourth-order valence-electron chi connectivity index (χ4n) is 2.68. The summed E-state index contributed by atoms with van der Waals surface area (Å²) < 4.78 is 11.3. The second-order valence-electron chi connectivity index (χ2n) is 5.15. The summed E-state index contributed by atoms with van der Waals surface area (Å²) >= 11 is 12.0. The van der Waals surface area contributed by atoms with Crippen molar-refractivity contribution in [3.8, 4) is 0 Å². The summed E-state index contributed by atoms with van der Waals surface area (Å²) in [7, 11) is 0. The van der Waals surface area contributed by atoms with Crippen LogP contribution in [-0.2, 0) is 14.3 Å². The number of hydrogen-bond donors (Lipinski definition) is 2. The molecule has 0 aliphatic carbocycles. The number of ketones is 1. The first kappa shape index (κ1) is 16.5. The van der Waals surface area contributed by atoms with E-state index >= 15 is 0 Å². The normalized spacial score (nSPS) is 30.7. The van der Waals surface area contributed by atoms with Crippen LogP contribution in [0.4, 0.5) is 0 Å². The first-order valence-electron chi connectivity index (χ1n) is 7.08. The third-order valence-electron chi connectivity index (χ3n) is 3.87. The fraction of sp³-hybridized carbons (Fsp3) is 0.923. The van der Waals surface area contributed by atoms with Crippen LogP contribution in [0, 0.1) is 11.8 Å². The molecular formula is C13H22Cl2N2O3. The molecule has 2 fully saturated rings. The lowest BCUT2D eigenvalue weighted by Gasteiger charge is -2.34. The van der Waals surface area contributed by atoms with Crippen LogP contribution < -0.4 is 10.6 Å². The Kier molecular flexibility index (Phi) is 7.01. The largest absolute Gasteiger partial charge is 0.375 e. The van der Waals surface area contributed by atoms with Crippen molar-refractivity contribution in [1.29, 1.82) is 0 Å². The maximum Gasteiger partial charge on any atom is 0.146 e. The van der Waals surface area contributed by atoms with E-state index in [1.807, 2.05) is 0 Å². The van der Waals surface area contributed by atoms with Crippen molar-refractivity contribution in [3.05, 3.63) is 0 Å². The number of ether oxygens (including phenoxy) is 2. The summed E-state index contributed by atoms with van der Waals surface area (Å²) in [5, 5.41) is 6.46. The van der Waals surface area contributed by atoms with Crippen molar-refractivity contribution in [2.24, 2.45) is 11.8 Å². The number of halogens is 2. The van der Waals surface area contributed by atoms with Crippen LogP contribution in [0.3, 0.4) is 0 Å². The fourth-order valence-corrected chi connectivity index (χ4v) is 3.38. The van der Waals surface area contributed by atoms with Crippen molar-refractivity contribution in [3.63, 3.8) is 0 Å². The molecule has 2 heterocycles. The Morgan fingerprint density at radius 2 is 1.45 bits per heavy atom. The predicted octanol–water partition coefficient (Wildman–Crippen LogP) is 0.242. The highest BCUT2D eigenvalue weighted by Gasteiger charge is 2.38.